The molecular weight excluding hydrogens is 310 g/mol. The fraction of sp³-hybridized carbons (Fsp3) is 0.429. The number of anilines is 1. The van der Waals surface area contributed by atoms with E-state index in [1.54, 1.807) is 0 Å². The van der Waals surface area contributed by atoms with E-state index in [9.17, 15) is 4.79 Å². The smallest absolute Gasteiger partial charge is 0.233 e. The number of carbonyl (C=O) groups excluding carboxylic acids is 1. The van der Waals surface area contributed by atoms with Gasteiger partial charge in [0.15, 0.2) is 0 Å². The summed E-state index contributed by atoms with van der Waals surface area (Å²) in [5, 5.41) is 0. The van der Waals surface area contributed by atoms with Gasteiger partial charge in [-0.15, -0.1) is 0 Å². The highest BCUT2D eigenvalue weighted by molar-refractivity contribution is 5.91. The van der Waals surface area contributed by atoms with E-state index in [2.05, 4.69) is 34.1 Å². The number of hydrogen-bond donors (Lipinski definition) is 0. The second-order valence-corrected chi connectivity index (χ2v) is 7.45. The second-order valence-electron chi connectivity index (χ2n) is 7.45. The summed E-state index contributed by atoms with van der Waals surface area (Å²) in [5.41, 5.74) is 2.10. The summed E-state index contributed by atoms with van der Waals surface area (Å²) in [6.07, 6.45) is 5.90. The summed E-state index contributed by atoms with van der Waals surface area (Å²) >= 11 is 0. The van der Waals surface area contributed by atoms with E-state index in [1.165, 1.54) is 11.1 Å². The van der Waals surface area contributed by atoms with Gasteiger partial charge in [0.2, 0.25) is 5.91 Å². The maximum Gasteiger partial charge on any atom is 0.233 e. The van der Waals surface area contributed by atoms with Gasteiger partial charge >= 0.3 is 0 Å². The first kappa shape index (κ1) is 16.1. The molecule has 2 fully saturated rings. The molecule has 1 saturated heterocycles. The third-order valence-corrected chi connectivity index (χ3v) is 5.61. The van der Waals surface area contributed by atoms with Crippen LogP contribution in [0.4, 0.5) is 5.82 Å². The predicted octanol–water partition coefficient (Wildman–Crippen LogP) is 3.54. The minimum atomic E-state index is -0.277. The second kappa shape index (κ2) is 6.17. The zero-order valence-corrected chi connectivity index (χ0v) is 15.0. The fourth-order valence-corrected chi connectivity index (χ4v) is 4.03. The van der Waals surface area contributed by atoms with Crippen LogP contribution in [0, 0.1) is 0 Å². The molecule has 130 valence electrons. The first-order chi connectivity index (χ1) is 12.1. The number of benzene rings is 1. The number of nitrogens with zero attached hydrogens (tertiary/aromatic N) is 3. The van der Waals surface area contributed by atoms with Crippen molar-refractivity contribution in [2.75, 3.05) is 25.5 Å². The number of hydrogen-bond acceptors (Lipinski definition) is 3. The lowest BCUT2D eigenvalue weighted by atomic mass is 9.93. The molecular formula is C21H25N3O. The molecule has 0 unspecified atom stereocenters. The average molecular weight is 335 g/mol. The third kappa shape index (κ3) is 2.80. The molecule has 2 aromatic rings. The van der Waals surface area contributed by atoms with Gasteiger partial charge in [-0.1, -0.05) is 30.3 Å². The van der Waals surface area contributed by atoms with Crippen LogP contribution in [0.3, 0.4) is 0 Å². The molecule has 2 heterocycles. The normalized spacial score (nSPS) is 21.2. The molecule has 1 aliphatic carbocycles. The summed E-state index contributed by atoms with van der Waals surface area (Å²) in [7, 11) is 4.00. The first-order valence-electron chi connectivity index (χ1n) is 9.12. The highest BCUT2D eigenvalue weighted by Crippen LogP contribution is 2.51. The Hall–Kier alpha value is -2.36. The van der Waals surface area contributed by atoms with Gasteiger partial charge in [-0.05, 0) is 48.9 Å². The van der Waals surface area contributed by atoms with Gasteiger partial charge in [0, 0.05) is 26.8 Å². The van der Waals surface area contributed by atoms with Crippen molar-refractivity contribution in [3.05, 3.63) is 59.8 Å². The van der Waals surface area contributed by atoms with Crippen LogP contribution < -0.4 is 4.90 Å². The summed E-state index contributed by atoms with van der Waals surface area (Å²) in [6, 6.07) is 14.7. The molecule has 25 heavy (non-hydrogen) atoms. The highest BCUT2D eigenvalue weighted by Gasteiger charge is 2.54. The lowest BCUT2D eigenvalue weighted by Gasteiger charge is -2.30. The Morgan fingerprint density at radius 1 is 1.20 bits per heavy atom. The lowest BCUT2D eigenvalue weighted by Crippen LogP contribution is -2.39. The summed E-state index contributed by atoms with van der Waals surface area (Å²) in [4.78, 5) is 22.0. The Bertz CT molecular complexity index is 768. The maximum atomic E-state index is 13.4. The van der Waals surface area contributed by atoms with Crippen molar-refractivity contribution in [2.24, 2.45) is 0 Å². The van der Waals surface area contributed by atoms with Crippen LogP contribution in [0.1, 0.15) is 42.9 Å². The molecule has 2 aliphatic rings. The molecule has 1 amide bonds. The van der Waals surface area contributed by atoms with Gasteiger partial charge in [-0.2, -0.15) is 0 Å². The number of rotatable bonds is 4. The van der Waals surface area contributed by atoms with E-state index in [0.29, 0.717) is 5.91 Å². The van der Waals surface area contributed by atoms with Crippen LogP contribution in [0.15, 0.2) is 48.7 Å². The Balaban J connectivity index is 1.62. The van der Waals surface area contributed by atoms with Crippen molar-refractivity contribution in [2.45, 2.75) is 37.1 Å². The number of amides is 1. The van der Waals surface area contributed by atoms with E-state index in [4.69, 9.17) is 0 Å². The summed E-state index contributed by atoms with van der Waals surface area (Å²) < 4.78 is 0. The first-order valence-corrected chi connectivity index (χ1v) is 9.12. The molecule has 1 aromatic heterocycles. The lowest BCUT2D eigenvalue weighted by molar-refractivity contribution is -0.135. The monoisotopic (exact) mass is 335 g/mol. The van der Waals surface area contributed by atoms with Gasteiger partial charge in [0.05, 0.1) is 11.5 Å². The number of carbonyl (C=O) groups is 1. The Kier molecular flexibility index (Phi) is 3.98. The van der Waals surface area contributed by atoms with E-state index in [0.717, 1.165) is 38.0 Å². The average Bonchev–Trinajstić information content (AvgIpc) is 3.32. The molecule has 1 aromatic carbocycles. The zero-order chi connectivity index (χ0) is 17.4. The van der Waals surface area contributed by atoms with Crippen LogP contribution in [-0.4, -0.2) is 36.4 Å². The van der Waals surface area contributed by atoms with Crippen LogP contribution >= 0.6 is 0 Å². The minimum Gasteiger partial charge on any atom is -0.363 e. The van der Waals surface area contributed by atoms with E-state index >= 15 is 0 Å². The van der Waals surface area contributed by atoms with Crippen LogP contribution in [0.5, 0.6) is 0 Å². The molecule has 1 atom stereocenters. The quantitative estimate of drug-likeness (QED) is 0.857. The van der Waals surface area contributed by atoms with Crippen LogP contribution in [-0.2, 0) is 10.2 Å². The van der Waals surface area contributed by atoms with Gasteiger partial charge in [0.1, 0.15) is 5.82 Å². The van der Waals surface area contributed by atoms with Crippen molar-refractivity contribution in [3.63, 3.8) is 0 Å². The number of pyridine rings is 1. The summed E-state index contributed by atoms with van der Waals surface area (Å²) in [5.74, 6) is 1.26. The summed E-state index contributed by atoms with van der Waals surface area (Å²) in [6.45, 7) is 0.859. The van der Waals surface area contributed by atoms with E-state index < -0.39 is 0 Å². The van der Waals surface area contributed by atoms with Gasteiger partial charge in [-0.3, -0.25) is 4.79 Å². The van der Waals surface area contributed by atoms with Crippen molar-refractivity contribution in [1.82, 2.24) is 9.88 Å². The standard InChI is InChI=1S/C21H25N3O/c1-23(2)19-15-16(10-13-22-19)18-9-6-14-24(18)20(25)21(11-12-21)17-7-4-3-5-8-17/h3-5,7-8,10,13,15,18H,6,9,11-12,14H2,1-2H3/t18-/m0/s1. The van der Waals surface area contributed by atoms with Gasteiger partial charge in [0.25, 0.3) is 0 Å². The fourth-order valence-electron chi connectivity index (χ4n) is 4.03. The number of aromatic nitrogens is 1. The van der Waals surface area contributed by atoms with Gasteiger partial charge < -0.3 is 9.80 Å². The minimum absolute atomic E-state index is 0.176. The van der Waals surface area contributed by atoms with Crippen molar-refractivity contribution in [1.29, 1.82) is 0 Å². The highest BCUT2D eigenvalue weighted by atomic mass is 16.2. The Morgan fingerprint density at radius 2 is 1.96 bits per heavy atom. The molecule has 4 rings (SSSR count). The molecule has 0 spiro atoms. The molecule has 0 radical (unpaired) electrons. The molecule has 4 nitrogen and oxygen atoms in total. The van der Waals surface area contributed by atoms with Crippen molar-refractivity contribution < 1.29 is 4.79 Å². The Labute approximate surface area is 149 Å². The Morgan fingerprint density at radius 3 is 2.64 bits per heavy atom. The molecule has 4 heteroatoms. The van der Waals surface area contributed by atoms with Crippen LogP contribution in [0.25, 0.3) is 0 Å². The van der Waals surface area contributed by atoms with Gasteiger partial charge in [-0.25, -0.2) is 4.98 Å². The van der Waals surface area contributed by atoms with E-state index in [1.807, 2.05) is 43.4 Å². The molecule has 1 saturated carbocycles. The SMILES string of the molecule is CN(C)c1cc([C@@H]2CCCN2C(=O)C2(c3ccccc3)CC2)ccn1. The van der Waals surface area contributed by atoms with Crippen molar-refractivity contribution >= 4 is 11.7 Å². The third-order valence-electron chi connectivity index (χ3n) is 5.61. The van der Waals surface area contributed by atoms with Crippen molar-refractivity contribution in [3.8, 4) is 0 Å². The van der Waals surface area contributed by atoms with E-state index in [-0.39, 0.29) is 11.5 Å². The number of likely N-dealkylation sites (tertiary alicyclic amines) is 1. The predicted molar refractivity (Wildman–Crippen MR) is 99.6 cm³/mol. The largest absolute Gasteiger partial charge is 0.363 e. The molecule has 1 aliphatic heterocycles. The maximum absolute atomic E-state index is 13.4. The molecule has 0 N–H and O–H groups in total. The molecule has 0 bridgehead atoms. The zero-order valence-electron chi connectivity index (χ0n) is 15.0. The topological polar surface area (TPSA) is 36.4 Å². The van der Waals surface area contributed by atoms with Crippen LogP contribution in [0.2, 0.25) is 0 Å².